The van der Waals surface area contributed by atoms with Crippen LogP contribution in [0, 0.1) is 5.92 Å². The van der Waals surface area contributed by atoms with Gasteiger partial charge in [0.2, 0.25) is 0 Å². The van der Waals surface area contributed by atoms with Gasteiger partial charge in [-0.15, -0.1) is 0 Å². The van der Waals surface area contributed by atoms with Crippen molar-refractivity contribution in [3.63, 3.8) is 0 Å². The zero-order valence-corrected chi connectivity index (χ0v) is 10.9. The molecule has 2 aliphatic rings. The molecule has 0 unspecified atom stereocenters. The van der Waals surface area contributed by atoms with Gasteiger partial charge in [0.05, 0.1) is 0 Å². The molecule has 1 nitrogen and oxygen atoms in total. The van der Waals surface area contributed by atoms with Gasteiger partial charge in [0.1, 0.15) is 5.78 Å². The minimum atomic E-state index is 0.157. The Labute approximate surface area is 96.7 Å². The molecule has 1 aliphatic carbocycles. The number of ketones is 1. The molecule has 0 N–H and O–H groups in total. The summed E-state index contributed by atoms with van der Waals surface area (Å²) in [7, 11) is 0. The van der Waals surface area contributed by atoms with Crippen LogP contribution in [-0.2, 0) is 4.79 Å². The Balaban J connectivity index is 2.23. The first-order valence-electron chi connectivity index (χ1n) is 5.75. The number of allylic oxidation sites excluding steroid dienone is 2. The number of Topliss-reactive ketones (excluding diaryl/α,β-unsaturated/α-hetero) is 1. The van der Waals surface area contributed by atoms with Crippen LogP contribution in [0.5, 0.6) is 0 Å². The minimum Gasteiger partial charge on any atom is -0.299 e. The molecule has 0 saturated carbocycles. The Morgan fingerprint density at radius 1 is 1.20 bits per heavy atom. The second-order valence-corrected chi connectivity index (χ2v) is 7.58. The van der Waals surface area contributed by atoms with Crippen LogP contribution in [-0.4, -0.2) is 15.8 Å². The standard InChI is InChI=1S/C13H20OS/c1-8-5-10-11(14)7-13(3,4)15-12(10)6-9(8)2/h10,12H,5-7H2,1-4H3/t10-,12-/m0/s1. The van der Waals surface area contributed by atoms with Gasteiger partial charge in [-0.3, -0.25) is 4.79 Å². The van der Waals surface area contributed by atoms with Crippen molar-refractivity contribution in [1.82, 2.24) is 0 Å². The molecule has 2 heteroatoms. The second-order valence-electron chi connectivity index (χ2n) is 5.63. The number of hydrogen-bond acceptors (Lipinski definition) is 2. The predicted octanol–water partition coefficient (Wildman–Crippen LogP) is 3.59. The first-order chi connectivity index (χ1) is 6.89. The molecule has 1 heterocycles. The summed E-state index contributed by atoms with van der Waals surface area (Å²) >= 11 is 2.03. The summed E-state index contributed by atoms with van der Waals surface area (Å²) in [5.74, 6) is 0.808. The molecule has 1 aliphatic heterocycles. The third-order valence-corrected chi connectivity index (χ3v) is 5.28. The van der Waals surface area contributed by atoms with Crippen LogP contribution in [0.25, 0.3) is 0 Å². The molecule has 0 aromatic rings. The quantitative estimate of drug-likeness (QED) is 0.585. The molecule has 2 rings (SSSR count). The molecular weight excluding hydrogens is 204 g/mol. The predicted molar refractivity (Wildman–Crippen MR) is 66.2 cm³/mol. The Kier molecular flexibility index (Phi) is 2.74. The molecule has 0 amide bonds. The number of carbonyl (C=O) groups excluding carboxylic acids is 1. The molecule has 2 atom stereocenters. The highest BCUT2D eigenvalue weighted by Gasteiger charge is 2.42. The van der Waals surface area contributed by atoms with Crippen LogP contribution in [0.15, 0.2) is 11.1 Å². The maximum Gasteiger partial charge on any atom is 0.138 e. The van der Waals surface area contributed by atoms with E-state index in [4.69, 9.17) is 0 Å². The molecule has 1 saturated heterocycles. The van der Waals surface area contributed by atoms with E-state index in [1.807, 2.05) is 11.8 Å². The molecule has 0 aromatic carbocycles. The van der Waals surface area contributed by atoms with Crippen LogP contribution < -0.4 is 0 Å². The van der Waals surface area contributed by atoms with E-state index in [1.54, 1.807) is 0 Å². The summed E-state index contributed by atoms with van der Waals surface area (Å²) in [6.07, 6.45) is 2.89. The van der Waals surface area contributed by atoms with Crippen molar-refractivity contribution >= 4 is 17.5 Å². The van der Waals surface area contributed by atoms with Crippen LogP contribution in [0.2, 0.25) is 0 Å². The Morgan fingerprint density at radius 2 is 1.80 bits per heavy atom. The molecular formula is C13H20OS. The molecule has 0 spiro atoms. The fraction of sp³-hybridized carbons (Fsp3) is 0.769. The van der Waals surface area contributed by atoms with Crippen molar-refractivity contribution in [2.45, 2.75) is 57.0 Å². The normalized spacial score (nSPS) is 35.3. The lowest BCUT2D eigenvalue weighted by molar-refractivity contribution is -0.123. The summed E-state index contributed by atoms with van der Waals surface area (Å²) in [4.78, 5) is 12.1. The first kappa shape index (κ1) is 11.3. The Morgan fingerprint density at radius 3 is 2.47 bits per heavy atom. The third-order valence-electron chi connectivity index (χ3n) is 3.69. The summed E-state index contributed by atoms with van der Waals surface area (Å²) in [5, 5.41) is 0.546. The SMILES string of the molecule is CC1=C(C)C[C@H]2C(=O)CC(C)(C)S[C@H]2C1. The maximum atomic E-state index is 12.1. The summed E-state index contributed by atoms with van der Waals surface area (Å²) in [6, 6.07) is 0. The fourth-order valence-electron chi connectivity index (χ4n) is 2.70. The highest BCUT2D eigenvalue weighted by molar-refractivity contribution is 8.01. The van der Waals surface area contributed by atoms with Gasteiger partial charge in [0.15, 0.2) is 0 Å². The number of thioether (sulfide) groups is 1. The topological polar surface area (TPSA) is 17.1 Å². The monoisotopic (exact) mass is 224 g/mol. The Hall–Kier alpha value is -0.240. The van der Waals surface area contributed by atoms with Crippen molar-refractivity contribution in [3.05, 3.63) is 11.1 Å². The van der Waals surface area contributed by atoms with Gasteiger partial charge >= 0.3 is 0 Å². The lowest BCUT2D eigenvalue weighted by Crippen LogP contribution is -2.41. The average molecular weight is 224 g/mol. The van der Waals surface area contributed by atoms with Gasteiger partial charge in [-0.05, 0) is 26.7 Å². The van der Waals surface area contributed by atoms with Crippen LogP contribution in [0.4, 0.5) is 0 Å². The van der Waals surface area contributed by atoms with Gasteiger partial charge in [-0.25, -0.2) is 0 Å². The number of fused-ring (bicyclic) bond motifs is 1. The molecule has 1 fully saturated rings. The smallest absolute Gasteiger partial charge is 0.138 e. The highest BCUT2D eigenvalue weighted by Crippen LogP contribution is 2.48. The fourth-order valence-corrected chi connectivity index (χ4v) is 4.49. The molecule has 84 valence electrons. The van der Waals surface area contributed by atoms with E-state index in [0.29, 0.717) is 17.0 Å². The van der Waals surface area contributed by atoms with Gasteiger partial charge in [-0.2, -0.15) is 11.8 Å². The van der Waals surface area contributed by atoms with Gasteiger partial charge in [0.25, 0.3) is 0 Å². The van der Waals surface area contributed by atoms with E-state index < -0.39 is 0 Å². The number of hydrogen-bond donors (Lipinski definition) is 0. The van der Waals surface area contributed by atoms with Gasteiger partial charge in [0, 0.05) is 22.3 Å². The van der Waals surface area contributed by atoms with Crippen LogP contribution in [0.1, 0.15) is 47.0 Å². The van der Waals surface area contributed by atoms with E-state index in [0.717, 1.165) is 19.3 Å². The summed E-state index contributed by atoms with van der Waals surface area (Å²) in [6.45, 7) is 8.81. The number of carbonyl (C=O) groups is 1. The van der Waals surface area contributed by atoms with Crippen LogP contribution >= 0.6 is 11.8 Å². The molecule has 0 radical (unpaired) electrons. The lowest BCUT2D eigenvalue weighted by atomic mass is 9.79. The van der Waals surface area contributed by atoms with Crippen molar-refractivity contribution in [2.75, 3.05) is 0 Å². The zero-order valence-electron chi connectivity index (χ0n) is 10.1. The van der Waals surface area contributed by atoms with E-state index >= 15 is 0 Å². The van der Waals surface area contributed by atoms with Crippen molar-refractivity contribution < 1.29 is 4.79 Å². The lowest BCUT2D eigenvalue weighted by Gasteiger charge is -2.42. The van der Waals surface area contributed by atoms with Crippen molar-refractivity contribution in [3.8, 4) is 0 Å². The van der Waals surface area contributed by atoms with Crippen molar-refractivity contribution in [1.29, 1.82) is 0 Å². The second kappa shape index (κ2) is 3.65. The number of rotatable bonds is 0. The third kappa shape index (κ3) is 2.15. The molecule has 0 aromatic heterocycles. The zero-order chi connectivity index (χ0) is 11.2. The Bertz CT molecular complexity index is 327. The average Bonchev–Trinajstić information content (AvgIpc) is 2.07. The van der Waals surface area contributed by atoms with Gasteiger partial charge in [-0.1, -0.05) is 25.0 Å². The molecule has 15 heavy (non-hydrogen) atoms. The summed E-state index contributed by atoms with van der Waals surface area (Å²) < 4.78 is 0.157. The molecule has 0 bridgehead atoms. The van der Waals surface area contributed by atoms with E-state index in [2.05, 4.69) is 27.7 Å². The van der Waals surface area contributed by atoms with E-state index in [9.17, 15) is 4.79 Å². The summed E-state index contributed by atoms with van der Waals surface area (Å²) in [5.41, 5.74) is 2.96. The minimum absolute atomic E-state index is 0.157. The van der Waals surface area contributed by atoms with E-state index in [1.165, 1.54) is 11.1 Å². The largest absolute Gasteiger partial charge is 0.299 e. The van der Waals surface area contributed by atoms with Gasteiger partial charge < -0.3 is 0 Å². The van der Waals surface area contributed by atoms with Crippen LogP contribution in [0.3, 0.4) is 0 Å². The maximum absolute atomic E-state index is 12.1. The van der Waals surface area contributed by atoms with E-state index in [-0.39, 0.29) is 4.75 Å². The highest BCUT2D eigenvalue weighted by atomic mass is 32.2. The first-order valence-corrected chi connectivity index (χ1v) is 6.63. The van der Waals surface area contributed by atoms with Crippen molar-refractivity contribution in [2.24, 2.45) is 5.92 Å².